The summed E-state index contributed by atoms with van der Waals surface area (Å²) in [5.74, 6) is -0.980. The molecule has 2 aromatic heterocycles. The molecule has 49 heavy (non-hydrogen) atoms. The van der Waals surface area contributed by atoms with Crippen molar-refractivity contribution in [1.29, 1.82) is 0 Å². The number of oxazole rings is 1. The summed E-state index contributed by atoms with van der Waals surface area (Å²) in [6, 6.07) is 9.37. The van der Waals surface area contributed by atoms with Crippen molar-refractivity contribution in [3.8, 4) is 0 Å². The molecular weight excluding hydrogens is 644 g/mol. The van der Waals surface area contributed by atoms with E-state index in [0.717, 1.165) is 24.2 Å². The number of halogens is 4. The Morgan fingerprint density at radius 1 is 0.918 bits per heavy atom. The average Bonchev–Trinajstić information content (AvgIpc) is 3.47. The molecular formula is C35H52F4N6O4. The van der Waals surface area contributed by atoms with Crippen LogP contribution in [0.3, 0.4) is 0 Å². The van der Waals surface area contributed by atoms with Crippen molar-refractivity contribution in [1.82, 2.24) is 14.9 Å². The number of aryl methyl sites for hydroxylation is 2. The van der Waals surface area contributed by atoms with Gasteiger partial charge >= 0.3 is 12.2 Å². The Kier molecular flexibility index (Phi) is 23.4. The molecule has 0 radical (unpaired) electrons. The minimum absolute atomic E-state index is 0.206. The second kappa shape index (κ2) is 25.7. The van der Waals surface area contributed by atoms with Gasteiger partial charge in [-0.1, -0.05) is 52.7 Å². The number of aromatic nitrogens is 2. The second-order valence-electron chi connectivity index (χ2n) is 10.9. The predicted molar refractivity (Wildman–Crippen MR) is 186 cm³/mol. The van der Waals surface area contributed by atoms with E-state index in [0.29, 0.717) is 25.8 Å². The summed E-state index contributed by atoms with van der Waals surface area (Å²) >= 11 is 0. The maximum Gasteiger partial charge on any atom is 0.436 e. The van der Waals surface area contributed by atoms with Crippen molar-refractivity contribution < 1.29 is 36.4 Å². The first-order valence-corrected chi connectivity index (χ1v) is 16.4. The number of nitrogens with one attached hydrogen (secondary N) is 2. The number of alkyl halides is 3. The van der Waals surface area contributed by atoms with E-state index in [9.17, 15) is 31.9 Å². The standard InChI is InChI=1S/C10H11F3N2O2.C7H6FNO.C7H8N2O.C7H17N.C4H10/c1-6-8(10(11,12)13)14-9(17-6)15-5-3-2-4-7(15)16;8-6-3-1-2-4-7(6)9-5-10;1-6-2-3-7(4-8-6)9-5-10;1-4-6-8(3)7-5-2;1-3-4-2/h2-5H2,1H3;1-5H,(H,9,10);2-5H,1H3,(H,9,10);4-7H2,1-3H3;3-4H2,1-2H3. The number of para-hydroxylation sites is 1. The molecule has 0 aliphatic carbocycles. The molecule has 0 bridgehead atoms. The SMILES string of the molecule is CCCC.CCCN(C)CCC.Cc1ccc(NC=O)cn1.Cc1oc(N2CCCCC2=O)nc1C(F)(F)F.O=CNc1ccccc1F. The van der Waals surface area contributed by atoms with Crippen LogP contribution in [-0.4, -0.2) is 60.3 Å². The van der Waals surface area contributed by atoms with Crippen LogP contribution in [0.4, 0.5) is 35.0 Å². The van der Waals surface area contributed by atoms with Gasteiger partial charge in [-0.05, 0) is 83.9 Å². The van der Waals surface area contributed by atoms with Crippen LogP contribution in [0.15, 0.2) is 47.0 Å². The Morgan fingerprint density at radius 2 is 1.53 bits per heavy atom. The van der Waals surface area contributed by atoms with Gasteiger partial charge in [0.1, 0.15) is 11.6 Å². The molecule has 3 heterocycles. The normalized spacial score (nSPS) is 12.1. The highest BCUT2D eigenvalue weighted by molar-refractivity contribution is 5.91. The summed E-state index contributed by atoms with van der Waals surface area (Å²) in [7, 11) is 2.17. The van der Waals surface area contributed by atoms with E-state index in [1.54, 1.807) is 24.4 Å². The summed E-state index contributed by atoms with van der Waals surface area (Å²) in [4.78, 5) is 42.2. The monoisotopic (exact) mass is 696 g/mol. The third-order valence-corrected chi connectivity index (χ3v) is 6.54. The number of rotatable bonds is 10. The number of unbranched alkanes of at least 4 members (excludes halogenated alkanes) is 1. The first kappa shape index (κ1) is 44.7. The number of benzene rings is 1. The number of piperidine rings is 1. The fourth-order valence-electron chi connectivity index (χ4n) is 3.91. The van der Waals surface area contributed by atoms with Crippen LogP contribution in [-0.2, 0) is 20.6 Å². The Hall–Kier alpha value is -4.33. The first-order chi connectivity index (χ1) is 23.3. The summed E-state index contributed by atoms with van der Waals surface area (Å²) in [5.41, 5.74) is 0.806. The lowest BCUT2D eigenvalue weighted by Gasteiger charge is -2.22. The van der Waals surface area contributed by atoms with E-state index >= 15 is 0 Å². The minimum atomic E-state index is -4.55. The zero-order valence-electron chi connectivity index (χ0n) is 29.7. The van der Waals surface area contributed by atoms with Gasteiger partial charge in [-0.15, -0.1) is 0 Å². The third-order valence-electron chi connectivity index (χ3n) is 6.54. The van der Waals surface area contributed by atoms with Crippen molar-refractivity contribution in [3.63, 3.8) is 0 Å². The van der Waals surface area contributed by atoms with Gasteiger partial charge in [0, 0.05) is 18.7 Å². The Balaban J connectivity index is 0.000000630. The molecule has 14 heteroatoms. The van der Waals surface area contributed by atoms with Crippen LogP contribution < -0.4 is 15.5 Å². The number of carbonyl (C=O) groups is 3. The van der Waals surface area contributed by atoms with E-state index < -0.39 is 17.7 Å². The molecule has 0 saturated carbocycles. The molecule has 0 spiro atoms. The van der Waals surface area contributed by atoms with Crippen molar-refractivity contribution in [2.24, 2.45) is 0 Å². The van der Waals surface area contributed by atoms with Crippen LogP contribution in [0.5, 0.6) is 0 Å². The highest BCUT2D eigenvalue weighted by Gasteiger charge is 2.39. The lowest BCUT2D eigenvalue weighted by Crippen LogP contribution is -2.35. The molecule has 3 aromatic rings. The topological polar surface area (TPSA) is 121 Å². The van der Waals surface area contributed by atoms with Crippen LogP contribution >= 0.6 is 0 Å². The van der Waals surface area contributed by atoms with Crippen molar-refractivity contribution in [2.75, 3.05) is 42.2 Å². The lowest BCUT2D eigenvalue weighted by atomic mass is 10.1. The number of hydrogen-bond acceptors (Lipinski definition) is 7. The molecule has 10 nitrogen and oxygen atoms in total. The van der Waals surface area contributed by atoms with Crippen LogP contribution in [0, 0.1) is 19.7 Å². The molecule has 1 fully saturated rings. The number of pyridine rings is 1. The van der Waals surface area contributed by atoms with Gasteiger partial charge in [-0.25, -0.2) is 4.39 Å². The molecule has 0 unspecified atom stereocenters. The molecule has 1 aromatic carbocycles. The van der Waals surface area contributed by atoms with Crippen LogP contribution in [0.2, 0.25) is 0 Å². The summed E-state index contributed by atoms with van der Waals surface area (Å²) in [6.45, 7) is 14.7. The molecule has 1 saturated heterocycles. The fourth-order valence-corrected chi connectivity index (χ4v) is 3.91. The van der Waals surface area contributed by atoms with E-state index in [4.69, 9.17) is 4.42 Å². The second-order valence-corrected chi connectivity index (χ2v) is 10.9. The molecule has 3 amide bonds. The van der Waals surface area contributed by atoms with Crippen LogP contribution in [0.25, 0.3) is 0 Å². The summed E-state index contributed by atoms with van der Waals surface area (Å²) < 4.78 is 55.0. The molecule has 1 aliphatic rings. The van der Waals surface area contributed by atoms with Crippen molar-refractivity contribution in [3.05, 3.63) is 65.6 Å². The maximum atomic E-state index is 12.6. The van der Waals surface area contributed by atoms with Gasteiger partial charge in [0.05, 0.1) is 17.6 Å². The Labute approximate surface area is 287 Å². The van der Waals surface area contributed by atoms with E-state index in [-0.39, 0.29) is 23.4 Å². The quantitative estimate of drug-likeness (QED) is 0.161. The van der Waals surface area contributed by atoms with Gasteiger partial charge < -0.3 is 20.0 Å². The third kappa shape index (κ3) is 19.3. The summed E-state index contributed by atoms with van der Waals surface area (Å²) in [6.07, 6.45) is 5.14. The number of amides is 3. The minimum Gasteiger partial charge on any atom is -0.428 e. The smallest absolute Gasteiger partial charge is 0.428 e. The van der Waals surface area contributed by atoms with Gasteiger partial charge in [-0.2, -0.15) is 18.2 Å². The van der Waals surface area contributed by atoms with Gasteiger partial charge in [0.15, 0.2) is 5.69 Å². The number of anilines is 3. The lowest BCUT2D eigenvalue weighted by molar-refractivity contribution is -0.141. The van der Waals surface area contributed by atoms with Crippen molar-refractivity contribution >= 4 is 36.1 Å². The first-order valence-electron chi connectivity index (χ1n) is 16.4. The zero-order valence-corrected chi connectivity index (χ0v) is 29.7. The van der Waals surface area contributed by atoms with E-state index in [1.165, 1.54) is 62.7 Å². The summed E-state index contributed by atoms with van der Waals surface area (Å²) in [5, 5.41) is 4.71. The number of nitrogens with zero attached hydrogens (tertiary/aromatic N) is 4. The zero-order chi connectivity index (χ0) is 37.2. The van der Waals surface area contributed by atoms with Crippen molar-refractivity contribution in [2.45, 2.75) is 92.7 Å². The van der Waals surface area contributed by atoms with Gasteiger partial charge in [-0.3, -0.25) is 24.3 Å². The van der Waals surface area contributed by atoms with Crippen LogP contribution in [0.1, 0.15) is 89.8 Å². The van der Waals surface area contributed by atoms with Gasteiger partial charge in [0.2, 0.25) is 18.7 Å². The molecule has 2 N–H and O–H groups in total. The molecule has 274 valence electrons. The molecule has 1 aliphatic heterocycles. The van der Waals surface area contributed by atoms with Gasteiger partial charge in [0.25, 0.3) is 0 Å². The van der Waals surface area contributed by atoms with E-state index in [1.807, 2.05) is 13.0 Å². The fraction of sp³-hybridized carbons (Fsp3) is 0.514. The highest BCUT2D eigenvalue weighted by Crippen LogP contribution is 2.34. The Morgan fingerprint density at radius 3 is 1.98 bits per heavy atom. The number of hydrogen-bond donors (Lipinski definition) is 2. The largest absolute Gasteiger partial charge is 0.436 e. The molecule has 4 rings (SSSR count). The maximum absolute atomic E-state index is 12.6. The number of carbonyl (C=O) groups excluding carboxylic acids is 3. The predicted octanol–water partition coefficient (Wildman–Crippen LogP) is 8.42. The Bertz CT molecular complexity index is 1330. The highest BCUT2D eigenvalue weighted by atomic mass is 19.4. The average molecular weight is 697 g/mol. The van der Waals surface area contributed by atoms with E-state index in [2.05, 4.69) is 60.2 Å². The molecule has 0 atom stereocenters.